The lowest BCUT2D eigenvalue weighted by Gasteiger charge is -2.37. The van der Waals surface area contributed by atoms with Crippen molar-refractivity contribution in [3.63, 3.8) is 0 Å². The van der Waals surface area contributed by atoms with Crippen LogP contribution in [0.3, 0.4) is 0 Å². The molecule has 1 aromatic carbocycles. The third-order valence-corrected chi connectivity index (χ3v) is 4.78. The van der Waals surface area contributed by atoms with Crippen LogP contribution in [0.15, 0.2) is 18.2 Å². The quantitative estimate of drug-likeness (QED) is 0.735. The van der Waals surface area contributed by atoms with E-state index in [1.165, 1.54) is 0 Å². The number of carboxylic acid groups (broad SMARTS) is 1. The molecule has 1 aromatic rings. The van der Waals surface area contributed by atoms with Gasteiger partial charge in [0.1, 0.15) is 5.60 Å². The van der Waals surface area contributed by atoms with Crippen molar-refractivity contribution in [1.82, 2.24) is 4.90 Å². The normalized spacial score (nSPS) is 20.5. The Hall–Kier alpha value is -1.46. The van der Waals surface area contributed by atoms with Crippen molar-refractivity contribution in [2.45, 2.75) is 64.6 Å². The fourth-order valence-corrected chi connectivity index (χ4v) is 3.80. The van der Waals surface area contributed by atoms with Gasteiger partial charge in [0.25, 0.3) is 0 Å². The number of benzene rings is 1. The summed E-state index contributed by atoms with van der Waals surface area (Å²) >= 11 is 12.1. The second-order valence-electron chi connectivity index (χ2n) is 7.74. The van der Waals surface area contributed by atoms with Crippen LogP contribution in [0.4, 0.5) is 4.79 Å². The second-order valence-corrected chi connectivity index (χ2v) is 8.61. The number of ether oxygens (including phenoxy) is 1. The lowest BCUT2D eigenvalue weighted by molar-refractivity contribution is -0.143. The highest BCUT2D eigenvalue weighted by Crippen LogP contribution is 2.31. The van der Waals surface area contributed by atoms with Gasteiger partial charge in [-0.15, -0.1) is 0 Å². The van der Waals surface area contributed by atoms with Gasteiger partial charge in [-0.1, -0.05) is 29.6 Å². The molecule has 1 amide bonds. The Bertz CT molecular complexity index is 652. The van der Waals surface area contributed by atoms with Gasteiger partial charge in [0.15, 0.2) is 0 Å². The summed E-state index contributed by atoms with van der Waals surface area (Å²) in [6.45, 7) is 5.69. The van der Waals surface area contributed by atoms with Gasteiger partial charge in [-0.3, -0.25) is 4.79 Å². The molecular weight excluding hydrogens is 377 g/mol. The first-order valence-corrected chi connectivity index (χ1v) is 9.48. The molecule has 144 valence electrons. The van der Waals surface area contributed by atoms with Crippen molar-refractivity contribution < 1.29 is 19.4 Å². The third-order valence-electron chi connectivity index (χ3n) is 4.34. The SMILES string of the molecule is CC(C)(C)OC(=O)N(Cc1cc(Cl)cc(Cl)c1)C1CCCC(C(=O)O)C1. The van der Waals surface area contributed by atoms with E-state index in [-0.39, 0.29) is 12.6 Å². The van der Waals surface area contributed by atoms with E-state index < -0.39 is 23.6 Å². The summed E-state index contributed by atoms with van der Waals surface area (Å²) in [7, 11) is 0. The Labute approximate surface area is 164 Å². The third kappa shape index (κ3) is 6.06. The summed E-state index contributed by atoms with van der Waals surface area (Å²) in [5.74, 6) is -1.26. The van der Waals surface area contributed by atoms with Gasteiger partial charge in [0.2, 0.25) is 0 Å². The fraction of sp³-hybridized carbons (Fsp3) is 0.579. The highest BCUT2D eigenvalue weighted by atomic mass is 35.5. The minimum Gasteiger partial charge on any atom is -0.481 e. The average Bonchev–Trinajstić information content (AvgIpc) is 2.50. The molecular formula is C19H25Cl2NO4. The Morgan fingerprint density at radius 2 is 1.81 bits per heavy atom. The number of rotatable bonds is 4. The van der Waals surface area contributed by atoms with Gasteiger partial charge in [0, 0.05) is 22.6 Å². The van der Waals surface area contributed by atoms with E-state index in [0.29, 0.717) is 22.9 Å². The van der Waals surface area contributed by atoms with Crippen LogP contribution in [-0.4, -0.2) is 33.7 Å². The van der Waals surface area contributed by atoms with Crippen molar-refractivity contribution >= 4 is 35.3 Å². The van der Waals surface area contributed by atoms with Crippen LogP contribution in [0.2, 0.25) is 10.0 Å². The van der Waals surface area contributed by atoms with Crippen molar-refractivity contribution in [2.75, 3.05) is 0 Å². The maximum atomic E-state index is 12.8. The molecule has 7 heteroatoms. The predicted octanol–water partition coefficient (Wildman–Crippen LogP) is 5.37. The summed E-state index contributed by atoms with van der Waals surface area (Å²) in [4.78, 5) is 25.8. The smallest absolute Gasteiger partial charge is 0.410 e. The van der Waals surface area contributed by atoms with Gasteiger partial charge < -0.3 is 14.7 Å². The zero-order chi connectivity index (χ0) is 19.5. The summed E-state index contributed by atoms with van der Waals surface area (Å²) < 4.78 is 5.56. The molecule has 0 radical (unpaired) electrons. The lowest BCUT2D eigenvalue weighted by Crippen LogP contribution is -2.45. The molecule has 1 aliphatic carbocycles. The van der Waals surface area contributed by atoms with Gasteiger partial charge in [-0.25, -0.2) is 4.79 Å². The lowest BCUT2D eigenvalue weighted by atomic mass is 9.85. The maximum absolute atomic E-state index is 12.8. The number of carboxylic acids is 1. The molecule has 0 aromatic heterocycles. The zero-order valence-corrected chi connectivity index (χ0v) is 16.8. The van der Waals surface area contributed by atoms with E-state index in [1.807, 2.05) is 0 Å². The molecule has 2 unspecified atom stereocenters. The molecule has 0 aliphatic heterocycles. The topological polar surface area (TPSA) is 66.8 Å². The van der Waals surface area contributed by atoms with Crippen LogP contribution in [-0.2, 0) is 16.1 Å². The number of nitrogens with zero attached hydrogens (tertiary/aromatic N) is 1. The summed E-state index contributed by atoms with van der Waals surface area (Å²) in [5.41, 5.74) is 0.146. The first kappa shape index (κ1) is 20.8. The summed E-state index contributed by atoms with van der Waals surface area (Å²) in [6, 6.07) is 4.94. The van der Waals surface area contributed by atoms with Gasteiger partial charge >= 0.3 is 12.1 Å². The van der Waals surface area contributed by atoms with Crippen molar-refractivity contribution in [3.05, 3.63) is 33.8 Å². The Kier molecular flexibility index (Phi) is 6.80. The molecule has 26 heavy (non-hydrogen) atoms. The van der Waals surface area contributed by atoms with E-state index in [9.17, 15) is 14.7 Å². The Morgan fingerprint density at radius 3 is 2.35 bits per heavy atom. The highest BCUT2D eigenvalue weighted by molar-refractivity contribution is 6.34. The van der Waals surface area contributed by atoms with Crippen LogP contribution in [0.1, 0.15) is 52.0 Å². The molecule has 1 saturated carbocycles. The van der Waals surface area contributed by atoms with E-state index in [4.69, 9.17) is 27.9 Å². The minimum atomic E-state index is -0.815. The van der Waals surface area contributed by atoms with E-state index in [2.05, 4.69) is 0 Å². The van der Waals surface area contributed by atoms with Gasteiger partial charge in [-0.05, 0) is 63.8 Å². The summed E-state index contributed by atoms with van der Waals surface area (Å²) in [5, 5.41) is 10.3. The monoisotopic (exact) mass is 401 g/mol. The van der Waals surface area contributed by atoms with Gasteiger partial charge in [-0.2, -0.15) is 0 Å². The number of hydrogen-bond donors (Lipinski definition) is 1. The average molecular weight is 402 g/mol. The number of aliphatic carboxylic acids is 1. The fourth-order valence-electron chi connectivity index (χ4n) is 3.23. The summed E-state index contributed by atoms with van der Waals surface area (Å²) in [6.07, 6.45) is 2.11. The molecule has 5 nitrogen and oxygen atoms in total. The Balaban J connectivity index is 2.26. The second kappa shape index (κ2) is 8.49. The number of carbonyl (C=O) groups excluding carboxylic acids is 1. The largest absolute Gasteiger partial charge is 0.481 e. The van der Waals surface area contributed by atoms with Crippen LogP contribution >= 0.6 is 23.2 Å². The highest BCUT2D eigenvalue weighted by Gasteiger charge is 2.34. The van der Waals surface area contributed by atoms with Crippen molar-refractivity contribution in [2.24, 2.45) is 5.92 Å². The van der Waals surface area contributed by atoms with E-state index in [0.717, 1.165) is 18.4 Å². The van der Waals surface area contributed by atoms with Crippen molar-refractivity contribution in [3.8, 4) is 0 Å². The maximum Gasteiger partial charge on any atom is 0.410 e. The first-order chi connectivity index (χ1) is 12.0. The molecule has 1 N–H and O–H groups in total. The van der Waals surface area contributed by atoms with Crippen LogP contribution in [0, 0.1) is 5.92 Å². The van der Waals surface area contributed by atoms with Crippen molar-refractivity contribution in [1.29, 1.82) is 0 Å². The standard InChI is InChI=1S/C19H25Cl2NO4/c1-19(2,3)26-18(25)22(11-12-7-14(20)10-15(21)8-12)16-6-4-5-13(9-16)17(23)24/h7-8,10,13,16H,4-6,9,11H2,1-3H3,(H,23,24). The Morgan fingerprint density at radius 1 is 1.19 bits per heavy atom. The minimum absolute atomic E-state index is 0.197. The van der Waals surface area contributed by atoms with Gasteiger partial charge in [0.05, 0.1) is 5.92 Å². The van der Waals surface area contributed by atoms with E-state index in [1.54, 1.807) is 43.9 Å². The number of carbonyl (C=O) groups is 2. The molecule has 0 spiro atoms. The van der Waals surface area contributed by atoms with E-state index >= 15 is 0 Å². The van der Waals surface area contributed by atoms with Crippen LogP contribution in [0.25, 0.3) is 0 Å². The molecule has 0 heterocycles. The molecule has 1 aliphatic rings. The molecule has 2 rings (SSSR count). The zero-order valence-electron chi connectivity index (χ0n) is 15.3. The molecule has 0 bridgehead atoms. The molecule has 2 atom stereocenters. The number of amides is 1. The number of halogens is 2. The molecule has 1 fully saturated rings. The molecule has 0 saturated heterocycles. The number of hydrogen-bond acceptors (Lipinski definition) is 3. The van der Waals surface area contributed by atoms with Crippen LogP contribution < -0.4 is 0 Å². The first-order valence-electron chi connectivity index (χ1n) is 8.72. The predicted molar refractivity (Wildman–Crippen MR) is 102 cm³/mol. The van der Waals surface area contributed by atoms with Crippen LogP contribution in [0.5, 0.6) is 0 Å².